The highest BCUT2D eigenvalue weighted by Crippen LogP contribution is 2.24. The topological polar surface area (TPSA) is 66.8 Å². The highest BCUT2D eigenvalue weighted by molar-refractivity contribution is 5.83. The molecule has 0 radical (unpaired) electrons. The van der Waals surface area contributed by atoms with Gasteiger partial charge in [0.15, 0.2) is 0 Å². The molecule has 1 amide bonds. The number of nitrogens with one attached hydrogen (secondary N) is 1. The molecule has 0 aliphatic carbocycles. The van der Waals surface area contributed by atoms with Crippen molar-refractivity contribution in [2.24, 2.45) is 0 Å². The van der Waals surface area contributed by atoms with Gasteiger partial charge in [0.05, 0.1) is 0 Å². The van der Waals surface area contributed by atoms with Crippen LogP contribution in [0.15, 0.2) is 36.8 Å². The molecule has 1 fully saturated rings. The summed E-state index contributed by atoms with van der Waals surface area (Å²) < 4.78 is 2.09. The van der Waals surface area contributed by atoms with Crippen LogP contribution < -0.4 is 0 Å². The second-order valence-electron chi connectivity index (χ2n) is 7.67. The lowest BCUT2D eigenvalue weighted by molar-refractivity contribution is -0.132. The van der Waals surface area contributed by atoms with Crippen molar-refractivity contribution in [2.75, 3.05) is 6.54 Å². The smallest absolute Gasteiger partial charge is 0.222 e. The third-order valence-corrected chi connectivity index (χ3v) is 5.95. The fourth-order valence-corrected chi connectivity index (χ4v) is 4.41. The average Bonchev–Trinajstić information content (AvgIpc) is 3.45. The van der Waals surface area contributed by atoms with Gasteiger partial charge in [0.2, 0.25) is 5.91 Å². The van der Waals surface area contributed by atoms with Crippen molar-refractivity contribution in [2.45, 2.75) is 64.5 Å². The number of nitrogens with zero attached hydrogens (tertiary/aromatic N) is 4. The van der Waals surface area contributed by atoms with E-state index in [9.17, 15) is 4.79 Å². The number of fused-ring (bicyclic) bond motifs is 1. The van der Waals surface area contributed by atoms with Gasteiger partial charge in [-0.15, -0.1) is 10.2 Å². The van der Waals surface area contributed by atoms with E-state index in [4.69, 9.17) is 0 Å². The molecule has 1 aliphatic heterocycles. The molecule has 1 aromatic carbocycles. The number of para-hydroxylation sites is 1. The standard InChI is InChI=1S/C22H29N5O/c1-2-26-16-24-25-21(26)13-12-18-8-6-14-27(18)22(28)11-5-7-17-15-23-20-10-4-3-9-19(17)20/h3-4,9-10,15-16,18,23H,2,5-8,11-14H2,1H3. The molecule has 0 bridgehead atoms. The summed E-state index contributed by atoms with van der Waals surface area (Å²) in [4.78, 5) is 18.2. The first-order valence-electron chi connectivity index (χ1n) is 10.5. The number of carbonyl (C=O) groups is 1. The second-order valence-corrected chi connectivity index (χ2v) is 7.67. The molecule has 1 saturated heterocycles. The Morgan fingerprint density at radius 3 is 3.07 bits per heavy atom. The van der Waals surface area contributed by atoms with Gasteiger partial charge in [-0.1, -0.05) is 18.2 Å². The third-order valence-electron chi connectivity index (χ3n) is 5.95. The summed E-state index contributed by atoms with van der Waals surface area (Å²) in [5.74, 6) is 1.33. The van der Waals surface area contributed by atoms with E-state index in [1.54, 1.807) is 6.33 Å². The molecular weight excluding hydrogens is 350 g/mol. The van der Waals surface area contributed by atoms with Crippen molar-refractivity contribution in [3.8, 4) is 0 Å². The van der Waals surface area contributed by atoms with Crippen LogP contribution in [0, 0.1) is 0 Å². The van der Waals surface area contributed by atoms with Gasteiger partial charge in [0.1, 0.15) is 12.2 Å². The normalized spacial score (nSPS) is 16.9. The Bertz CT molecular complexity index is 928. The van der Waals surface area contributed by atoms with E-state index in [0.717, 1.165) is 57.4 Å². The first-order valence-corrected chi connectivity index (χ1v) is 10.5. The van der Waals surface area contributed by atoms with Crippen molar-refractivity contribution in [1.82, 2.24) is 24.6 Å². The zero-order valence-corrected chi connectivity index (χ0v) is 16.6. The largest absolute Gasteiger partial charge is 0.361 e. The number of aromatic nitrogens is 4. The molecule has 0 spiro atoms. The van der Waals surface area contributed by atoms with Crippen LogP contribution in [0.2, 0.25) is 0 Å². The SMILES string of the molecule is CCn1cnnc1CCC1CCCN1C(=O)CCCc1c[nH]c2ccccc12. The van der Waals surface area contributed by atoms with Crippen molar-refractivity contribution in [3.63, 3.8) is 0 Å². The van der Waals surface area contributed by atoms with Crippen LogP contribution in [0.25, 0.3) is 10.9 Å². The average molecular weight is 380 g/mol. The minimum absolute atomic E-state index is 0.305. The summed E-state index contributed by atoms with van der Waals surface area (Å²) in [6.45, 7) is 3.90. The van der Waals surface area contributed by atoms with Gasteiger partial charge < -0.3 is 14.5 Å². The Morgan fingerprint density at radius 2 is 2.18 bits per heavy atom. The number of likely N-dealkylation sites (tertiary alicyclic amines) is 1. The maximum absolute atomic E-state index is 12.8. The van der Waals surface area contributed by atoms with Gasteiger partial charge in [0.25, 0.3) is 0 Å². The van der Waals surface area contributed by atoms with Gasteiger partial charge in [-0.05, 0) is 50.7 Å². The third kappa shape index (κ3) is 3.96. The fraction of sp³-hybridized carbons (Fsp3) is 0.500. The lowest BCUT2D eigenvalue weighted by Gasteiger charge is -2.24. The first-order chi connectivity index (χ1) is 13.8. The van der Waals surface area contributed by atoms with Crippen LogP contribution in [0.1, 0.15) is 50.4 Å². The van der Waals surface area contributed by atoms with Crippen molar-refractivity contribution < 1.29 is 4.79 Å². The zero-order chi connectivity index (χ0) is 19.3. The molecule has 1 aliphatic rings. The maximum atomic E-state index is 12.8. The summed E-state index contributed by atoms with van der Waals surface area (Å²) in [5, 5.41) is 9.51. The molecule has 6 heteroatoms. The molecule has 1 atom stereocenters. The minimum Gasteiger partial charge on any atom is -0.361 e. The molecule has 148 valence electrons. The summed E-state index contributed by atoms with van der Waals surface area (Å²) in [7, 11) is 0. The van der Waals surface area contributed by atoms with Gasteiger partial charge >= 0.3 is 0 Å². The van der Waals surface area contributed by atoms with Crippen molar-refractivity contribution in [1.29, 1.82) is 0 Å². The predicted octanol–water partition coefficient (Wildman–Crippen LogP) is 3.73. The molecule has 3 aromatic rings. The highest BCUT2D eigenvalue weighted by Gasteiger charge is 2.28. The number of benzene rings is 1. The number of hydrogen-bond acceptors (Lipinski definition) is 3. The van der Waals surface area contributed by atoms with E-state index in [1.807, 2.05) is 6.07 Å². The Kier molecular flexibility index (Phi) is 5.74. The van der Waals surface area contributed by atoms with Crippen LogP contribution in [0.5, 0.6) is 0 Å². The van der Waals surface area contributed by atoms with Gasteiger partial charge in [-0.25, -0.2) is 0 Å². The molecular formula is C22H29N5O. The van der Waals surface area contributed by atoms with E-state index in [-0.39, 0.29) is 0 Å². The summed E-state index contributed by atoms with van der Waals surface area (Å²) in [5.41, 5.74) is 2.48. The molecule has 1 unspecified atom stereocenters. The highest BCUT2D eigenvalue weighted by atomic mass is 16.2. The van der Waals surface area contributed by atoms with Crippen molar-refractivity contribution >= 4 is 16.8 Å². The predicted molar refractivity (Wildman–Crippen MR) is 110 cm³/mol. The minimum atomic E-state index is 0.305. The number of aryl methyl sites for hydroxylation is 3. The molecule has 1 N–H and O–H groups in total. The van der Waals surface area contributed by atoms with E-state index in [2.05, 4.69) is 56.0 Å². The van der Waals surface area contributed by atoms with Crippen LogP contribution in [-0.2, 0) is 24.2 Å². The number of amides is 1. The monoisotopic (exact) mass is 379 g/mol. The van der Waals surface area contributed by atoms with Crippen LogP contribution >= 0.6 is 0 Å². The molecule has 6 nitrogen and oxygen atoms in total. The Labute approximate surface area is 166 Å². The van der Waals surface area contributed by atoms with Gasteiger partial charge in [-0.3, -0.25) is 4.79 Å². The summed E-state index contributed by atoms with van der Waals surface area (Å²) >= 11 is 0. The molecule has 28 heavy (non-hydrogen) atoms. The zero-order valence-electron chi connectivity index (χ0n) is 16.6. The molecule has 0 saturated carbocycles. The van der Waals surface area contributed by atoms with Crippen molar-refractivity contribution in [3.05, 3.63) is 48.2 Å². The Morgan fingerprint density at radius 1 is 1.29 bits per heavy atom. The maximum Gasteiger partial charge on any atom is 0.222 e. The molecule has 2 aromatic heterocycles. The van der Waals surface area contributed by atoms with E-state index in [1.165, 1.54) is 16.5 Å². The Balaban J connectivity index is 1.28. The van der Waals surface area contributed by atoms with Crippen LogP contribution in [-0.4, -0.2) is 43.1 Å². The number of rotatable bonds is 8. The van der Waals surface area contributed by atoms with E-state index < -0.39 is 0 Å². The summed E-state index contributed by atoms with van der Waals surface area (Å²) in [6.07, 6.45) is 10.4. The van der Waals surface area contributed by atoms with E-state index >= 15 is 0 Å². The first kappa shape index (κ1) is 18.7. The number of aromatic amines is 1. The van der Waals surface area contributed by atoms with Gasteiger partial charge in [0, 0.05) is 49.1 Å². The fourth-order valence-electron chi connectivity index (χ4n) is 4.41. The lowest BCUT2D eigenvalue weighted by Crippen LogP contribution is -2.35. The summed E-state index contributed by atoms with van der Waals surface area (Å²) in [6, 6.07) is 8.71. The molecule has 3 heterocycles. The Hall–Kier alpha value is -2.63. The van der Waals surface area contributed by atoms with Crippen LogP contribution in [0.4, 0.5) is 0 Å². The second kappa shape index (κ2) is 8.59. The van der Waals surface area contributed by atoms with E-state index in [0.29, 0.717) is 18.4 Å². The number of H-pyrrole nitrogens is 1. The quantitative estimate of drug-likeness (QED) is 0.648. The van der Waals surface area contributed by atoms with Gasteiger partial charge in [-0.2, -0.15) is 0 Å². The number of carbonyl (C=O) groups excluding carboxylic acids is 1. The number of hydrogen-bond donors (Lipinski definition) is 1. The lowest BCUT2D eigenvalue weighted by atomic mass is 10.1. The molecule has 4 rings (SSSR count). The van der Waals surface area contributed by atoms with Crippen LogP contribution in [0.3, 0.4) is 0 Å².